The molecule has 2 aliphatic rings. The van der Waals surface area contributed by atoms with Crippen molar-refractivity contribution < 1.29 is 4.74 Å². The first kappa shape index (κ1) is 15.1. The van der Waals surface area contributed by atoms with Crippen LogP contribution in [0.5, 0.6) is 0 Å². The molecule has 124 valence electrons. The molecule has 0 saturated heterocycles. The van der Waals surface area contributed by atoms with Crippen LogP contribution in [0.3, 0.4) is 0 Å². The molecule has 2 aliphatic carbocycles. The fourth-order valence-electron chi connectivity index (χ4n) is 4.22. The lowest BCUT2D eigenvalue weighted by molar-refractivity contribution is -0.134. The second kappa shape index (κ2) is 5.87. The van der Waals surface area contributed by atoms with E-state index in [9.17, 15) is 4.79 Å². The van der Waals surface area contributed by atoms with Gasteiger partial charge in [-0.2, -0.15) is 4.52 Å². The topological polar surface area (TPSA) is 68.5 Å². The molecule has 0 radical (unpaired) electrons. The zero-order chi connectivity index (χ0) is 15.9. The summed E-state index contributed by atoms with van der Waals surface area (Å²) in [6, 6.07) is 1.82. The van der Waals surface area contributed by atoms with Gasteiger partial charge in [0.25, 0.3) is 5.56 Å². The predicted molar refractivity (Wildman–Crippen MR) is 90.1 cm³/mol. The Kier molecular flexibility index (Phi) is 3.85. The van der Waals surface area contributed by atoms with E-state index in [0.29, 0.717) is 17.1 Å². The van der Waals surface area contributed by atoms with Gasteiger partial charge in [-0.05, 0) is 26.2 Å². The smallest absolute Gasteiger partial charge is 0.275 e. The van der Waals surface area contributed by atoms with Gasteiger partial charge in [-0.15, -0.1) is 5.10 Å². The standard InChI is InChI=1S/C16H22N4O2S/c1-2-22-12-10-11(16(12)7-4-3-5-8-16)18-14-19-20-13(21)6-9-17-15(20)23-14/h6,9,11-12H,2-5,7-8,10H2,1H3,(H,18,19)/t11-,12+/m1/s1. The van der Waals surface area contributed by atoms with Crippen LogP contribution >= 0.6 is 11.3 Å². The number of hydrogen-bond acceptors (Lipinski definition) is 6. The summed E-state index contributed by atoms with van der Waals surface area (Å²) in [5.74, 6) is 0. The summed E-state index contributed by atoms with van der Waals surface area (Å²) in [6.45, 7) is 2.85. The maximum Gasteiger partial charge on any atom is 0.275 e. The van der Waals surface area contributed by atoms with Crippen molar-refractivity contribution in [3.05, 3.63) is 22.6 Å². The van der Waals surface area contributed by atoms with Crippen LogP contribution in [0.1, 0.15) is 45.4 Å². The fraction of sp³-hybridized carbons (Fsp3) is 0.688. The van der Waals surface area contributed by atoms with Gasteiger partial charge in [0.05, 0.1) is 6.10 Å². The molecule has 2 saturated carbocycles. The monoisotopic (exact) mass is 334 g/mol. The minimum Gasteiger partial charge on any atom is -0.378 e. The van der Waals surface area contributed by atoms with Crippen molar-refractivity contribution >= 4 is 21.4 Å². The van der Waals surface area contributed by atoms with Crippen LogP contribution in [0.25, 0.3) is 4.96 Å². The second-order valence-electron chi connectivity index (χ2n) is 6.56. The summed E-state index contributed by atoms with van der Waals surface area (Å²) in [5, 5.41) is 8.75. The zero-order valence-corrected chi connectivity index (χ0v) is 14.1. The molecule has 2 fully saturated rings. The van der Waals surface area contributed by atoms with Crippen molar-refractivity contribution in [2.75, 3.05) is 11.9 Å². The van der Waals surface area contributed by atoms with Gasteiger partial charge in [0.15, 0.2) is 0 Å². The molecule has 0 aromatic carbocycles. The van der Waals surface area contributed by atoms with Gasteiger partial charge in [-0.25, -0.2) is 4.98 Å². The molecule has 0 amide bonds. The first-order valence-corrected chi connectivity index (χ1v) is 9.27. The number of ether oxygens (including phenoxy) is 1. The van der Waals surface area contributed by atoms with Gasteiger partial charge in [-0.1, -0.05) is 30.6 Å². The van der Waals surface area contributed by atoms with Crippen LogP contribution in [-0.2, 0) is 4.74 Å². The summed E-state index contributed by atoms with van der Waals surface area (Å²) in [5.41, 5.74) is 0.109. The van der Waals surface area contributed by atoms with Gasteiger partial charge in [-0.3, -0.25) is 4.79 Å². The normalized spacial score (nSPS) is 26.3. The van der Waals surface area contributed by atoms with E-state index in [4.69, 9.17) is 4.74 Å². The molecule has 0 aliphatic heterocycles. The van der Waals surface area contributed by atoms with Crippen LogP contribution in [0.4, 0.5) is 5.13 Å². The summed E-state index contributed by atoms with van der Waals surface area (Å²) in [7, 11) is 0. The highest BCUT2D eigenvalue weighted by atomic mass is 32.1. The minimum atomic E-state index is -0.132. The number of fused-ring (bicyclic) bond motifs is 1. The molecule has 2 aromatic rings. The molecule has 2 heterocycles. The van der Waals surface area contributed by atoms with Gasteiger partial charge in [0.1, 0.15) is 0 Å². The molecule has 2 atom stereocenters. The third kappa shape index (κ3) is 2.46. The highest BCUT2D eigenvalue weighted by Crippen LogP contribution is 2.54. The Labute approximate surface area is 138 Å². The molecule has 6 nitrogen and oxygen atoms in total. The Hall–Kier alpha value is -1.47. The molecular formula is C16H22N4O2S. The van der Waals surface area contributed by atoms with Crippen molar-refractivity contribution in [3.8, 4) is 0 Å². The van der Waals surface area contributed by atoms with E-state index in [1.807, 2.05) is 0 Å². The van der Waals surface area contributed by atoms with Crippen molar-refractivity contribution in [3.63, 3.8) is 0 Å². The Morgan fingerprint density at radius 1 is 1.43 bits per heavy atom. The third-order valence-electron chi connectivity index (χ3n) is 5.41. The number of nitrogens with zero attached hydrogens (tertiary/aromatic N) is 3. The molecule has 4 rings (SSSR count). The van der Waals surface area contributed by atoms with E-state index < -0.39 is 0 Å². The van der Waals surface area contributed by atoms with E-state index in [-0.39, 0.29) is 11.0 Å². The first-order valence-electron chi connectivity index (χ1n) is 8.46. The maximum absolute atomic E-state index is 11.8. The van der Waals surface area contributed by atoms with Gasteiger partial charge < -0.3 is 10.1 Å². The highest BCUT2D eigenvalue weighted by molar-refractivity contribution is 7.20. The van der Waals surface area contributed by atoms with Crippen LogP contribution in [0.15, 0.2) is 17.1 Å². The summed E-state index contributed by atoms with van der Waals surface area (Å²) in [6.07, 6.45) is 9.25. The Morgan fingerprint density at radius 3 is 3.00 bits per heavy atom. The van der Waals surface area contributed by atoms with Crippen molar-refractivity contribution in [2.24, 2.45) is 5.41 Å². The number of anilines is 1. The third-order valence-corrected chi connectivity index (χ3v) is 6.26. The van der Waals surface area contributed by atoms with Crippen molar-refractivity contribution in [1.29, 1.82) is 0 Å². The quantitative estimate of drug-likeness (QED) is 0.931. The molecular weight excluding hydrogens is 312 g/mol. The van der Waals surface area contributed by atoms with E-state index in [1.54, 1.807) is 0 Å². The molecule has 1 N–H and O–H groups in total. The zero-order valence-electron chi connectivity index (χ0n) is 13.3. The van der Waals surface area contributed by atoms with Crippen molar-refractivity contribution in [1.82, 2.24) is 14.6 Å². The average Bonchev–Trinajstić information content (AvgIpc) is 2.99. The predicted octanol–water partition coefficient (Wildman–Crippen LogP) is 2.69. The minimum absolute atomic E-state index is 0.132. The molecule has 7 heteroatoms. The lowest BCUT2D eigenvalue weighted by Crippen LogP contribution is -2.62. The molecule has 1 spiro atoms. The fourth-order valence-corrected chi connectivity index (χ4v) is 5.04. The van der Waals surface area contributed by atoms with Gasteiger partial charge >= 0.3 is 0 Å². The van der Waals surface area contributed by atoms with E-state index in [0.717, 1.165) is 18.2 Å². The molecule has 2 aromatic heterocycles. The summed E-state index contributed by atoms with van der Waals surface area (Å²) >= 11 is 1.44. The Bertz CT molecular complexity index is 750. The molecule has 23 heavy (non-hydrogen) atoms. The number of rotatable bonds is 4. The maximum atomic E-state index is 11.8. The number of hydrogen-bond donors (Lipinski definition) is 1. The van der Waals surface area contributed by atoms with Crippen LogP contribution in [-0.4, -0.2) is 33.4 Å². The van der Waals surface area contributed by atoms with Crippen LogP contribution in [0.2, 0.25) is 0 Å². The van der Waals surface area contributed by atoms with E-state index in [2.05, 4.69) is 22.3 Å². The lowest BCUT2D eigenvalue weighted by atomic mass is 9.55. The van der Waals surface area contributed by atoms with Gasteiger partial charge in [0.2, 0.25) is 10.1 Å². The van der Waals surface area contributed by atoms with E-state index in [1.165, 1.54) is 60.2 Å². The first-order chi connectivity index (χ1) is 11.2. The highest BCUT2D eigenvalue weighted by Gasteiger charge is 2.55. The van der Waals surface area contributed by atoms with Crippen molar-refractivity contribution in [2.45, 2.75) is 57.6 Å². The second-order valence-corrected chi connectivity index (χ2v) is 7.51. The lowest BCUT2D eigenvalue weighted by Gasteiger charge is -2.57. The largest absolute Gasteiger partial charge is 0.378 e. The van der Waals surface area contributed by atoms with E-state index >= 15 is 0 Å². The van der Waals surface area contributed by atoms with Crippen LogP contribution in [0, 0.1) is 5.41 Å². The Morgan fingerprint density at radius 2 is 2.26 bits per heavy atom. The Balaban J connectivity index is 1.57. The SMILES string of the molecule is CCO[C@H]1C[C@@H](Nc2nn3c(=O)ccnc3s2)C12CCCCC2. The summed E-state index contributed by atoms with van der Waals surface area (Å²) in [4.78, 5) is 16.7. The average molecular weight is 334 g/mol. The molecule has 0 bridgehead atoms. The molecule has 0 unspecified atom stereocenters. The number of nitrogens with one attached hydrogen (secondary N) is 1. The van der Waals surface area contributed by atoms with Gasteiger partial charge in [0, 0.05) is 30.3 Å². The van der Waals surface area contributed by atoms with Crippen LogP contribution < -0.4 is 10.9 Å². The summed E-state index contributed by atoms with van der Waals surface area (Å²) < 4.78 is 7.37. The number of aromatic nitrogens is 3.